The summed E-state index contributed by atoms with van der Waals surface area (Å²) in [6.45, 7) is 1.77. The largest absolute Gasteiger partial charge is 0.306 e. The first-order valence-electron chi connectivity index (χ1n) is 5.25. The molecule has 0 radical (unpaired) electrons. The number of hydrogen-bond acceptors (Lipinski definition) is 2. The number of hydrogen-bond donors (Lipinski definition) is 1. The van der Waals surface area contributed by atoms with E-state index < -0.39 is 11.7 Å². The van der Waals surface area contributed by atoms with Crippen molar-refractivity contribution in [2.24, 2.45) is 0 Å². The van der Waals surface area contributed by atoms with Gasteiger partial charge < -0.3 is 5.32 Å². The minimum Gasteiger partial charge on any atom is -0.306 e. The predicted molar refractivity (Wildman–Crippen MR) is 76.0 cm³/mol. The van der Waals surface area contributed by atoms with Crippen LogP contribution in [0.5, 0.6) is 0 Å². The van der Waals surface area contributed by atoms with Crippen LogP contribution in [0.1, 0.15) is 15.9 Å². The summed E-state index contributed by atoms with van der Waals surface area (Å²) in [5.74, 6) is -0.625. The SMILES string of the molecule is Cc1ccc(C(=O)Nc2ccc(I)cn2)c(F)c1. The molecule has 3 nitrogen and oxygen atoms in total. The second-order valence-electron chi connectivity index (χ2n) is 3.80. The lowest BCUT2D eigenvalue weighted by molar-refractivity contribution is 0.102. The summed E-state index contributed by atoms with van der Waals surface area (Å²) in [7, 11) is 0. The van der Waals surface area contributed by atoms with E-state index in [0.29, 0.717) is 5.82 Å². The molecule has 92 valence electrons. The monoisotopic (exact) mass is 356 g/mol. The number of pyridine rings is 1. The molecule has 1 amide bonds. The van der Waals surface area contributed by atoms with Crippen LogP contribution in [0.4, 0.5) is 10.2 Å². The Labute approximate surface area is 118 Å². The smallest absolute Gasteiger partial charge is 0.259 e. The van der Waals surface area contributed by atoms with Gasteiger partial charge in [-0.2, -0.15) is 0 Å². The minimum absolute atomic E-state index is 0.0148. The fraction of sp³-hybridized carbons (Fsp3) is 0.0769. The Bertz CT molecular complexity index is 584. The van der Waals surface area contributed by atoms with Crippen molar-refractivity contribution < 1.29 is 9.18 Å². The average Bonchev–Trinajstić information content (AvgIpc) is 2.32. The molecule has 1 heterocycles. The molecule has 1 aromatic heterocycles. The lowest BCUT2D eigenvalue weighted by atomic mass is 10.1. The number of aryl methyl sites for hydroxylation is 1. The van der Waals surface area contributed by atoms with Crippen LogP contribution in [-0.4, -0.2) is 10.9 Å². The van der Waals surface area contributed by atoms with E-state index in [0.717, 1.165) is 9.13 Å². The maximum absolute atomic E-state index is 13.6. The molecule has 0 aliphatic heterocycles. The number of amides is 1. The second-order valence-corrected chi connectivity index (χ2v) is 5.04. The van der Waals surface area contributed by atoms with Crippen molar-refractivity contribution in [3.63, 3.8) is 0 Å². The molecule has 0 unspecified atom stereocenters. The number of benzene rings is 1. The van der Waals surface area contributed by atoms with Crippen molar-refractivity contribution in [2.45, 2.75) is 6.92 Å². The summed E-state index contributed by atoms with van der Waals surface area (Å²) in [6, 6.07) is 7.97. The van der Waals surface area contributed by atoms with Crippen LogP contribution in [-0.2, 0) is 0 Å². The van der Waals surface area contributed by atoms with Gasteiger partial charge >= 0.3 is 0 Å². The maximum atomic E-state index is 13.6. The van der Waals surface area contributed by atoms with E-state index in [1.807, 2.05) is 6.07 Å². The molecule has 0 aliphatic carbocycles. The van der Waals surface area contributed by atoms with Gasteiger partial charge in [0.1, 0.15) is 11.6 Å². The van der Waals surface area contributed by atoms with Gasteiger partial charge in [0.15, 0.2) is 0 Å². The van der Waals surface area contributed by atoms with Crippen LogP contribution in [0, 0.1) is 16.3 Å². The van der Waals surface area contributed by atoms with Gasteiger partial charge in [0.25, 0.3) is 5.91 Å². The topological polar surface area (TPSA) is 42.0 Å². The molecule has 5 heteroatoms. The number of nitrogens with zero attached hydrogens (tertiary/aromatic N) is 1. The highest BCUT2D eigenvalue weighted by Crippen LogP contribution is 2.13. The van der Waals surface area contributed by atoms with Gasteiger partial charge in [-0.3, -0.25) is 4.79 Å². The highest BCUT2D eigenvalue weighted by molar-refractivity contribution is 14.1. The third kappa shape index (κ3) is 3.04. The Kier molecular flexibility index (Phi) is 3.90. The lowest BCUT2D eigenvalue weighted by Crippen LogP contribution is -2.14. The fourth-order valence-corrected chi connectivity index (χ4v) is 1.76. The predicted octanol–water partition coefficient (Wildman–Crippen LogP) is 3.39. The number of carbonyl (C=O) groups is 1. The summed E-state index contributed by atoms with van der Waals surface area (Å²) in [4.78, 5) is 15.9. The van der Waals surface area contributed by atoms with E-state index in [1.54, 1.807) is 25.3 Å². The fourth-order valence-electron chi connectivity index (χ4n) is 1.44. The first-order valence-corrected chi connectivity index (χ1v) is 6.33. The molecule has 0 saturated heterocycles. The molecule has 0 fully saturated rings. The van der Waals surface area contributed by atoms with E-state index in [9.17, 15) is 9.18 Å². The highest BCUT2D eigenvalue weighted by Gasteiger charge is 2.12. The molecule has 0 spiro atoms. The molecule has 1 aromatic carbocycles. The van der Waals surface area contributed by atoms with Gasteiger partial charge in [0.05, 0.1) is 5.56 Å². The zero-order chi connectivity index (χ0) is 13.1. The molecule has 1 N–H and O–H groups in total. The quantitative estimate of drug-likeness (QED) is 0.839. The zero-order valence-corrected chi connectivity index (χ0v) is 11.7. The van der Waals surface area contributed by atoms with Crippen LogP contribution < -0.4 is 5.32 Å². The van der Waals surface area contributed by atoms with Gasteiger partial charge in [-0.25, -0.2) is 9.37 Å². The second kappa shape index (κ2) is 5.43. The Balaban J connectivity index is 2.19. The lowest BCUT2D eigenvalue weighted by Gasteiger charge is -2.06. The van der Waals surface area contributed by atoms with Crippen molar-refractivity contribution in [1.29, 1.82) is 0 Å². The standard InChI is InChI=1S/C13H10FIN2O/c1-8-2-4-10(11(14)6-8)13(18)17-12-5-3-9(15)7-16-12/h2-7H,1H3,(H,16,17,18). The first kappa shape index (κ1) is 12.9. The van der Waals surface area contributed by atoms with Gasteiger partial charge in [0.2, 0.25) is 0 Å². The molecule has 2 aromatic rings. The molecule has 2 rings (SSSR count). The van der Waals surface area contributed by atoms with Crippen molar-refractivity contribution in [3.8, 4) is 0 Å². The highest BCUT2D eigenvalue weighted by atomic mass is 127. The Morgan fingerprint density at radius 3 is 2.72 bits per heavy atom. The molecular weight excluding hydrogens is 346 g/mol. The van der Waals surface area contributed by atoms with E-state index in [2.05, 4.69) is 32.9 Å². The molecule has 18 heavy (non-hydrogen) atoms. The third-order valence-electron chi connectivity index (χ3n) is 2.34. The van der Waals surface area contributed by atoms with Crippen molar-refractivity contribution in [1.82, 2.24) is 4.98 Å². The number of rotatable bonds is 2. The van der Waals surface area contributed by atoms with E-state index >= 15 is 0 Å². The molecule has 0 aliphatic rings. The van der Waals surface area contributed by atoms with Crippen LogP contribution in [0.2, 0.25) is 0 Å². The first-order chi connectivity index (χ1) is 8.56. The Morgan fingerprint density at radius 2 is 2.11 bits per heavy atom. The summed E-state index contributed by atoms with van der Waals surface area (Å²) >= 11 is 2.12. The van der Waals surface area contributed by atoms with Gasteiger partial charge in [-0.15, -0.1) is 0 Å². The summed E-state index contributed by atoms with van der Waals surface area (Å²) < 4.78 is 14.6. The average molecular weight is 356 g/mol. The van der Waals surface area contributed by atoms with Crippen molar-refractivity contribution in [2.75, 3.05) is 5.32 Å². The molecule has 0 atom stereocenters. The van der Waals surface area contributed by atoms with Crippen LogP contribution in [0.15, 0.2) is 36.5 Å². The van der Waals surface area contributed by atoms with Crippen LogP contribution in [0.25, 0.3) is 0 Å². The van der Waals surface area contributed by atoms with E-state index in [1.165, 1.54) is 12.1 Å². The normalized spacial score (nSPS) is 10.2. The van der Waals surface area contributed by atoms with Crippen LogP contribution in [0.3, 0.4) is 0 Å². The van der Waals surface area contributed by atoms with Gasteiger partial charge in [-0.05, 0) is 59.3 Å². The number of halogens is 2. The number of carbonyl (C=O) groups excluding carboxylic acids is 1. The number of anilines is 1. The summed E-state index contributed by atoms with van der Waals surface area (Å²) in [5.41, 5.74) is 0.789. The van der Waals surface area contributed by atoms with Crippen molar-refractivity contribution in [3.05, 3.63) is 57.0 Å². The van der Waals surface area contributed by atoms with Gasteiger partial charge in [0, 0.05) is 9.77 Å². The summed E-state index contributed by atoms with van der Waals surface area (Å²) in [5, 5.41) is 2.55. The maximum Gasteiger partial charge on any atom is 0.259 e. The Hall–Kier alpha value is -1.50. The minimum atomic E-state index is -0.530. The van der Waals surface area contributed by atoms with E-state index in [-0.39, 0.29) is 5.56 Å². The summed E-state index contributed by atoms with van der Waals surface area (Å²) in [6.07, 6.45) is 1.63. The van der Waals surface area contributed by atoms with E-state index in [4.69, 9.17) is 0 Å². The Morgan fingerprint density at radius 1 is 1.33 bits per heavy atom. The van der Waals surface area contributed by atoms with Crippen LogP contribution >= 0.6 is 22.6 Å². The third-order valence-corrected chi connectivity index (χ3v) is 2.98. The molecule has 0 bridgehead atoms. The zero-order valence-electron chi connectivity index (χ0n) is 9.58. The number of aromatic nitrogens is 1. The molecular formula is C13H10FIN2O. The van der Waals surface area contributed by atoms with Crippen molar-refractivity contribution >= 4 is 34.3 Å². The number of nitrogens with one attached hydrogen (secondary N) is 1. The van der Waals surface area contributed by atoms with Gasteiger partial charge in [-0.1, -0.05) is 6.07 Å². The molecule has 0 saturated carbocycles.